The van der Waals surface area contributed by atoms with Crippen LogP contribution in [0.25, 0.3) is 0 Å². The van der Waals surface area contributed by atoms with Crippen LogP contribution in [0.15, 0.2) is 47.2 Å². The Kier molecular flexibility index (Phi) is 3.02. The Morgan fingerprint density at radius 3 is 2.73 bits per heavy atom. The third-order valence-electron chi connectivity index (χ3n) is 2.00. The van der Waals surface area contributed by atoms with Gasteiger partial charge < -0.3 is 4.74 Å². The van der Waals surface area contributed by atoms with Crippen LogP contribution < -0.4 is 4.74 Å². The van der Waals surface area contributed by atoms with Crippen molar-refractivity contribution in [3.05, 3.63) is 52.8 Å². The lowest BCUT2D eigenvalue weighted by atomic mass is 10.2. The fourth-order valence-electron chi connectivity index (χ4n) is 1.22. The van der Waals surface area contributed by atoms with Crippen LogP contribution in [-0.2, 0) is 0 Å². The van der Waals surface area contributed by atoms with Gasteiger partial charge in [-0.15, -0.1) is 0 Å². The van der Waals surface area contributed by atoms with Gasteiger partial charge in [0.15, 0.2) is 0 Å². The van der Waals surface area contributed by atoms with Crippen LogP contribution in [-0.4, -0.2) is 4.98 Å². The first kappa shape index (κ1) is 10.2. The number of ether oxygens (including phenoxy) is 1. The van der Waals surface area contributed by atoms with Gasteiger partial charge in [-0.3, -0.25) is 4.98 Å². The molecule has 0 aliphatic rings. The van der Waals surface area contributed by atoms with Crippen molar-refractivity contribution < 1.29 is 4.74 Å². The summed E-state index contributed by atoms with van der Waals surface area (Å²) in [5, 5.41) is 0. The van der Waals surface area contributed by atoms with Gasteiger partial charge in [0.2, 0.25) is 0 Å². The Labute approximate surface area is 97.1 Å². The highest BCUT2D eigenvalue weighted by Crippen LogP contribution is 2.25. The number of benzene rings is 1. The van der Waals surface area contributed by atoms with E-state index in [1.165, 1.54) is 0 Å². The fourth-order valence-corrected chi connectivity index (χ4v) is 1.47. The topological polar surface area (TPSA) is 22.1 Å². The standard InChI is InChI=1S/C12H10BrNO/c1-9-7-10(4-5-12(9)13)15-11-3-2-6-14-8-11/h2-8H,1H3. The van der Waals surface area contributed by atoms with E-state index in [4.69, 9.17) is 4.74 Å². The van der Waals surface area contributed by atoms with Gasteiger partial charge in [-0.25, -0.2) is 0 Å². The van der Waals surface area contributed by atoms with Crippen molar-refractivity contribution >= 4 is 15.9 Å². The maximum atomic E-state index is 5.63. The highest BCUT2D eigenvalue weighted by atomic mass is 79.9. The molecule has 15 heavy (non-hydrogen) atoms. The molecule has 0 aliphatic heterocycles. The summed E-state index contributed by atoms with van der Waals surface area (Å²) in [4.78, 5) is 3.99. The first-order chi connectivity index (χ1) is 7.25. The molecule has 76 valence electrons. The number of pyridine rings is 1. The van der Waals surface area contributed by atoms with E-state index in [1.807, 2.05) is 37.3 Å². The SMILES string of the molecule is Cc1cc(Oc2cccnc2)ccc1Br. The Balaban J connectivity index is 2.22. The molecule has 0 unspecified atom stereocenters. The van der Waals surface area contributed by atoms with Crippen LogP contribution in [0.1, 0.15) is 5.56 Å². The number of aromatic nitrogens is 1. The maximum Gasteiger partial charge on any atom is 0.145 e. The minimum atomic E-state index is 0.749. The molecule has 0 spiro atoms. The quantitative estimate of drug-likeness (QED) is 0.819. The fraction of sp³-hybridized carbons (Fsp3) is 0.0833. The van der Waals surface area contributed by atoms with Crippen LogP contribution in [0.2, 0.25) is 0 Å². The lowest BCUT2D eigenvalue weighted by molar-refractivity contribution is 0.480. The molecular formula is C12H10BrNO. The van der Waals surface area contributed by atoms with Crippen molar-refractivity contribution in [1.29, 1.82) is 0 Å². The van der Waals surface area contributed by atoms with Crippen LogP contribution in [0.5, 0.6) is 11.5 Å². The lowest BCUT2D eigenvalue weighted by Gasteiger charge is -2.06. The van der Waals surface area contributed by atoms with E-state index in [9.17, 15) is 0 Å². The molecule has 2 rings (SSSR count). The van der Waals surface area contributed by atoms with Crippen LogP contribution in [0.3, 0.4) is 0 Å². The Morgan fingerprint density at radius 1 is 1.20 bits per heavy atom. The van der Waals surface area contributed by atoms with E-state index in [2.05, 4.69) is 20.9 Å². The van der Waals surface area contributed by atoms with Gasteiger partial charge in [0, 0.05) is 10.7 Å². The average molecular weight is 264 g/mol. The zero-order chi connectivity index (χ0) is 10.7. The summed E-state index contributed by atoms with van der Waals surface area (Å²) < 4.78 is 6.72. The van der Waals surface area contributed by atoms with E-state index < -0.39 is 0 Å². The molecule has 2 aromatic rings. The molecule has 1 aromatic heterocycles. The summed E-state index contributed by atoms with van der Waals surface area (Å²) in [6.07, 6.45) is 3.41. The number of rotatable bonds is 2. The van der Waals surface area contributed by atoms with Gasteiger partial charge in [0.25, 0.3) is 0 Å². The molecule has 0 saturated carbocycles. The number of aryl methyl sites for hydroxylation is 1. The van der Waals surface area contributed by atoms with Crippen LogP contribution in [0, 0.1) is 6.92 Å². The van der Waals surface area contributed by atoms with Crippen molar-refractivity contribution in [2.45, 2.75) is 6.92 Å². The predicted octanol–water partition coefficient (Wildman–Crippen LogP) is 3.94. The molecule has 2 nitrogen and oxygen atoms in total. The second-order valence-corrected chi connectivity index (χ2v) is 4.06. The van der Waals surface area contributed by atoms with Gasteiger partial charge in [-0.2, -0.15) is 0 Å². The molecule has 0 radical (unpaired) electrons. The Hall–Kier alpha value is -1.35. The predicted molar refractivity (Wildman–Crippen MR) is 63.2 cm³/mol. The first-order valence-corrected chi connectivity index (χ1v) is 5.39. The Morgan fingerprint density at radius 2 is 2.07 bits per heavy atom. The minimum absolute atomic E-state index is 0.749. The highest BCUT2D eigenvalue weighted by Gasteiger charge is 1.99. The molecule has 0 N–H and O–H groups in total. The summed E-state index contributed by atoms with van der Waals surface area (Å²) in [6.45, 7) is 2.03. The smallest absolute Gasteiger partial charge is 0.145 e. The van der Waals surface area contributed by atoms with Gasteiger partial charge in [0.05, 0.1) is 6.20 Å². The number of hydrogen-bond donors (Lipinski definition) is 0. The molecule has 0 amide bonds. The van der Waals surface area contributed by atoms with E-state index >= 15 is 0 Å². The van der Waals surface area contributed by atoms with Crippen molar-refractivity contribution in [1.82, 2.24) is 4.98 Å². The van der Waals surface area contributed by atoms with E-state index in [1.54, 1.807) is 12.4 Å². The maximum absolute atomic E-state index is 5.63. The highest BCUT2D eigenvalue weighted by molar-refractivity contribution is 9.10. The molecule has 1 heterocycles. The monoisotopic (exact) mass is 263 g/mol. The molecule has 3 heteroatoms. The third-order valence-corrected chi connectivity index (χ3v) is 2.89. The number of hydrogen-bond acceptors (Lipinski definition) is 2. The molecule has 0 aliphatic carbocycles. The van der Waals surface area contributed by atoms with Crippen molar-refractivity contribution in [3.63, 3.8) is 0 Å². The molecule has 0 atom stereocenters. The minimum Gasteiger partial charge on any atom is -0.456 e. The van der Waals surface area contributed by atoms with Crippen molar-refractivity contribution in [3.8, 4) is 11.5 Å². The van der Waals surface area contributed by atoms with Crippen LogP contribution >= 0.6 is 15.9 Å². The largest absolute Gasteiger partial charge is 0.456 e. The van der Waals surface area contributed by atoms with Gasteiger partial charge in [0.1, 0.15) is 11.5 Å². The zero-order valence-electron chi connectivity index (χ0n) is 8.27. The average Bonchev–Trinajstić information content (AvgIpc) is 2.25. The molecule has 0 fully saturated rings. The molecule has 0 bridgehead atoms. The van der Waals surface area contributed by atoms with Gasteiger partial charge in [-0.1, -0.05) is 15.9 Å². The molecular weight excluding hydrogens is 254 g/mol. The number of halogens is 1. The summed E-state index contributed by atoms with van der Waals surface area (Å²) in [7, 11) is 0. The van der Waals surface area contributed by atoms with Gasteiger partial charge >= 0.3 is 0 Å². The van der Waals surface area contributed by atoms with E-state index in [-0.39, 0.29) is 0 Å². The van der Waals surface area contributed by atoms with E-state index in [0.29, 0.717) is 0 Å². The lowest BCUT2D eigenvalue weighted by Crippen LogP contribution is -1.85. The summed E-state index contributed by atoms with van der Waals surface area (Å²) >= 11 is 3.45. The second kappa shape index (κ2) is 4.45. The number of nitrogens with zero attached hydrogens (tertiary/aromatic N) is 1. The summed E-state index contributed by atoms with van der Waals surface area (Å²) in [6, 6.07) is 9.60. The van der Waals surface area contributed by atoms with Crippen molar-refractivity contribution in [2.75, 3.05) is 0 Å². The van der Waals surface area contributed by atoms with Crippen molar-refractivity contribution in [2.24, 2.45) is 0 Å². The Bertz CT molecular complexity index is 456. The second-order valence-electron chi connectivity index (χ2n) is 3.20. The zero-order valence-corrected chi connectivity index (χ0v) is 9.86. The van der Waals surface area contributed by atoms with Gasteiger partial charge in [-0.05, 0) is 42.8 Å². The first-order valence-electron chi connectivity index (χ1n) is 4.60. The molecule has 0 saturated heterocycles. The third kappa shape index (κ3) is 2.57. The van der Waals surface area contributed by atoms with E-state index in [0.717, 1.165) is 21.5 Å². The van der Waals surface area contributed by atoms with Crippen LogP contribution in [0.4, 0.5) is 0 Å². The summed E-state index contributed by atoms with van der Waals surface area (Å²) in [5.74, 6) is 1.57. The normalized spacial score (nSPS) is 10.0. The molecule has 1 aromatic carbocycles. The summed E-state index contributed by atoms with van der Waals surface area (Å²) in [5.41, 5.74) is 1.15.